The number of anilines is 2. The lowest BCUT2D eigenvalue weighted by molar-refractivity contribution is -0.270. The molecule has 7 nitrogen and oxygen atoms in total. The van der Waals surface area contributed by atoms with Gasteiger partial charge in [0.25, 0.3) is 0 Å². The number of nitrogens with zero attached hydrogens (tertiary/aromatic N) is 4. The van der Waals surface area contributed by atoms with Gasteiger partial charge in [0.2, 0.25) is 11.5 Å². The van der Waals surface area contributed by atoms with E-state index in [0.29, 0.717) is 5.82 Å². The second-order valence-corrected chi connectivity index (χ2v) is 6.02. The first kappa shape index (κ1) is 20.7. The third-order valence-corrected chi connectivity index (χ3v) is 4.20. The quantitative estimate of drug-likeness (QED) is 0.765. The number of alkyl halides is 3. The highest BCUT2D eigenvalue weighted by Crippen LogP contribution is 2.40. The third-order valence-electron chi connectivity index (χ3n) is 4.20. The molecule has 0 saturated carbocycles. The lowest BCUT2D eigenvalue weighted by Gasteiger charge is -2.29. The van der Waals surface area contributed by atoms with Crippen LogP contribution in [0.1, 0.15) is 26.1 Å². The molecule has 2 N–H and O–H groups in total. The number of nitrogens with one attached hydrogen (secondary N) is 1. The smallest absolute Gasteiger partial charge is 0.374 e. The van der Waals surface area contributed by atoms with Crippen LogP contribution in [0, 0.1) is 0 Å². The molecule has 148 valence electrons. The van der Waals surface area contributed by atoms with E-state index in [1.165, 1.54) is 19.4 Å². The third kappa shape index (κ3) is 4.38. The van der Waals surface area contributed by atoms with Crippen molar-refractivity contribution in [1.82, 2.24) is 14.5 Å². The second-order valence-electron chi connectivity index (χ2n) is 6.02. The Hall–Kier alpha value is -2.62. The molecular weight excluding hydrogens is 363 g/mol. The summed E-state index contributed by atoms with van der Waals surface area (Å²) >= 11 is 0. The Labute approximate surface area is 154 Å². The van der Waals surface area contributed by atoms with Gasteiger partial charge >= 0.3 is 6.18 Å². The van der Waals surface area contributed by atoms with Crippen LogP contribution in [0.25, 0.3) is 0 Å². The summed E-state index contributed by atoms with van der Waals surface area (Å²) in [7, 11) is 1.31. The Bertz CT molecular complexity index is 772. The van der Waals surface area contributed by atoms with Gasteiger partial charge in [0.15, 0.2) is 5.82 Å². The molecule has 10 heteroatoms. The van der Waals surface area contributed by atoms with Gasteiger partial charge in [-0.2, -0.15) is 13.2 Å². The first-order valence-electron chi connectivity index (χ1n) is 8.40. The van der Waals surface area contributed by atoms with Crippen molar-refractivity contribution >= 4 is 17.4 Å². The maximum atomic E-state index is 13.5. The van der Waals surface area contributed by atoms with Crippen molar-refractivity contribution in [2.75, 3.05) is 23.3 Å². The van der Waals surface area contributed by atoms with Crippen molar-refractivity contribution in [3.05, 3.63) is 36.5 Å². The summed E-state index contributed by atoms with van der Waals surface area (Å²) in [6.07, 6.45) is -2.55. The first-order chi connectivity index (χ1) is 12.6. The number of halogens is 3. The number of aromatic nitrogens is 3. The Morgan fingerprint density at radius 1 is 1.26 bits per heavy atom. The van der Waals surface area contributed by atoms with Gasteiger partial charge in [-0.15, -0.1) is 0 Å². The molecule has 2 aromatic heterocycles. The number of carbonyl (C=O) groups excluding carboxylic acids is 1. The number of aryl methyl sites for hydroxylation is 1. The van der Waals surface area contributed by atoms with Crippen molar-refractivity contribution in [3.63, 3.8) is 0 Å². The van der Waals surface area contributed by atoms with Crippen LogP contribution in [0.3, 0.4) is 0 Å². The molecule has 0 radical (unpaired) electrons. The molecule has 0 aromatic carbocycles. The second kappa shape index (κ2) is 7.95. The molecule has 0 aliphatic rings. The van der Waals surface area contributed by atoms with Gasteiger partial charge < -0.3 is 19.9 Å². The van der Waals surface area contributed by atoms with E-state index in [1.807, 2.05) is 18.7 Å². The van der Waals surface area contributed by atoms with Gasteiger partial charge in [0.1, 0.15) is 5.82 Å². The van der Waals surface area contributed by atoms with E-state index in [2.05, 4.69) is 15.3 Å². The molecular formula is C17H22F3N5O2. The van der Waals surface area contributed by atoms with E-state index >= 15 is 0 Å². The fourth-order valence-corrected chi connectivity index (χ4v) is 2.70. The highest BCUT2D eigenvalue weighted by molar-refractivity contribution is 5.91. The molecule has 27 heavy (non-hydrogen) atoms. The largest absolute Gasteiger partial charge is 0.425 e. The minimum atomic E-state index is -5.08. The lowest BCUT2D eigenvalue weighted by Crippen LogP contribution is -2.46. The van der Waals surface area contributed by atoms with E-state index in [4.69, 9.17) is 0 Å². The standard InChI is InChI=1S/C17H22F3N5O2/c1-4-25(5-2)13-7-6-12(11-22-13)23-14(26)10-16(27,17(18,19)20)15-21-8-9-24(15)3/h6-9,11,27H,4-5,10H2,1-3H3,(H,23,26)/t16-/m1/s1. The van der Waals surface area contributed by atoms with Crippen molar-refractivity contribution in [2.24, 2.45) is 7.05 Å². The highest BCUT2D eigenvalue weighted by Gasteiger charge is 2.58. The number of aliphatic hydroxyl groups is 1. The summed E-state index contributed by atoms with van der Waals surface area (Å²) in [5.74, 6) is -0.965. The summed E-state index contributed by atoms with van der Waals surface area (Å²) in [4.78, 5) is 21.9. The van der Waals surface area contributed by atoms with Gasteiger partial charge in [0.05, 0.1) is 18.3 Å². The summed E-state index contributed by atoms with van der Waals surface area (Å²) in [6.45, 7) is 5.43. The van der Waals surface area contributed by atoms with Crippen LogP contribution in [-0.4, -0.2) is 44.8 Å². The van der Waals surface area contributed by atoms with Crippen LogP contribution in [0.5, 0.6) is 0 Å². The Morgan fingerprint density at radius 3 is 2.37 bits per heavy atom. The Kier molecular flexibility index (Phi) is 6.09. The fourth-order valence-electron chi connectivity index (χ4n) is 2.70. The number of carbonyl (C=O) groups is 1. The topological polar surface area (TPSA) is 83.3 Å². The highest BCUT2D eigenvalue weighted by atomic mass is 19.4. The minimum absolute atomic E-state index is 0.236. The molecule has 0 aliphatic carbocycles. The molecule has 2 rings (SSSR count). The monoisotopic (exact) mass is 385 g/mol. The van der Waals surface area contributed by atoms with Crippen molar-refractivity contribution in [2.45, 2.75) is 32.0 Å². The molecule has 0 fully saturated rings. The summed E-state index contributed by atoms with van der Waals surface area (Å²) in [6, 6.07) is 3.21. The van der Waals surface area contributed by atoms with E-state index in [1.54, 1.807) is 12.1 Å². The summed E-state index contributed by atoms with van der Waals surface area (Å²) < 4.78 is 41.4. The molecule has 2 aromatic rings. The molecule has 0 aliphatic heterocycles. The molecule has 0 unspecified atom stereocenters. The van der Waals surface area contributed by atoms with Crippen LogP contribution < -0.4 is 10.2 Å². The Morgan fingerprint density at radius 2 is 1.93 bits per heavy atom. The maximum absolute atomic E-state index is 13.5. The number of amides is 1. The molecule has 0 saturated heterocycles. The zero-order chi connectivity index (χ0) is 20.2. The molecule has 0 spiro atoms. The van der Waals surface area contributed by atoms with Gasteiger partial charge in [-0.25, -0.2) is 9.97 Å². The van der Waals surface area contributed by atoms with Gasteiger partial charge in [-0.1, -0.05) is 0 Å². The molecule has 2 heterocycles. The summed E-state index contributed by atoms with van der Waals surface area (Å²) in [5.41, 5.74) is -3.16. The average molecular weight is 385 g/mol. The number of rotatable bonds is 7. The van der Waals surface area contributed by atoms with E-state index in [9.17, 15) is 23.1 Å². The normalized spacial score (nSPS) is 13.9. The number of imidazole rings is 1. The van der Waals surface area contributed by atoms with Crippen molar-refractivity contribution in [3.8, 4) is 0 Å². The molecule has 1 atom stereocenters. The van der Waals surface area contributed by atoms with E-state index < -0.39 is 29.9 Å². The zero-order valence-corrected chi connectivity index (χ0v) is 15.3. The van der Waals surface area contributed by atoms with E-state index in [0.717, 1.165) is 23.9 Å². The molecule has 0 bridgehead atoms. The number of pyridine rings is 1. The van der Waals surface area contributed by atoms with Crippen LogP contribution >= 0.6 is 0 Å². The average Bonchev–Trinajstić information content (AvgIpc) is 3.03. The van der Waals surface area contributed by atoms with Gasteiger partial charge in [-0.3, -0.25) is 4.79 Å². The zero-order valence-electron chi connectivity index (χ0n) is 15.3. The predicted molar refractivity (Wildman–Crippen MR) is 94.2 cm³/mol. The predicted octanol–water partition coefficient (Wildman–Crippen LogP) is 2.44. The number of hydrogen-bond donors (Lipinski definition) is 2. The molecule has 1 amide bonds. The first-order valence-corrected chi connectivity index (χ1v) is 8.40. The van der Waals surface area contributed by atoms with Crippen LogP contribution in [-0.2, 0) is 17.4 Å². The van der Waals surface area contributed by atoms with Crippen LogP contribution in [0.2, 0.25) is 0 Å². The van der Waals surface area contributed by atoms with Crippen molar-refractivity contribution in [1.29, 1.82) is 0 Å². The van der Waals surface area contributed by atoms with Gasteiger partial charge in [0, 0.05) is 32.5 Å². The van der Waals surface area contributed by atoms with Crippen molar-refractivity contribution < 1.29 is 23.1 Å². The lowest BCUT2D eigenvalue weighted by atomic mass is 9.97. The minimum Gasteiger partial charge on any atom is -0.374 e. The van der Waals surface area contributed by atoms with Gasteiger partial charge in [-0.05, 0) is 26.0 Å². The van der Waals surface area contributed by atoms with E-state index in [-0.39, 0.29) is 5.69 Å². The fraction of sp³-hybridized carbons (Fsp3) is 0.471. The summed E-state index contributed by atoms with van der Waals surface area (Å²) in [5, 5.41) is 12.6. The van der Waals surface area contributed by atoms with Crippen LogP contribution in [0.4, 0.5) is 24.7 Å². The number of hydrogen-bond acceptors (Lipinski definition) is 5. The maximum Gasteiger partial charge on any atom is 0.425 e. The van der Waals surface area contributed by atoms with Crippen LogP contribution in [0.15, 0.2) is 30.7 Å². The SMILES string of the molecule is CCN(CC)c1ccc(NC(=O)C[C@@](O)(c2nccn2C)C(F)(F)F)cn1. The Balaban J connectivity index is 2.16.